The summed E-state index contributed by atoms with van der Waals surface area (Å²) >= 11 is 5.17. The lowest BCUT2D eigenvalue weighted by molar-refractivity contribution is 0.0943. The Balaban J connectivity index is 1.23. The van der Waals surface area contributed by atoms with Gasteiger partial charge in [-0.15, -0.1) is 0 Å². The van der Waals surface area contributed by atoms with Crippen LogP contribution in [0.4, 0.5) is 0 Å². The van der Waals surface area contributed by atoms with Gasteiger partial charge in [0, 0.05) is 25.3 Å². The third kappa shape index (κ3) is 6.11. The molecule has 1 saturated heterocycles. The smallest absolute Gasteiger partial charge is 0.269 e. The quantitative estimate of drug-likeness (QED) is 0.333. The van der Waals surface area contributed by atoms with E-state index in [9.17, 15) is 13.2 Å². The highest BCUT2D eigenvalue weighted by Gasteiger charge is 2.20. The molecule has 0 aliphatic carbocycles. The molecule has 33 heavy (non-hydrogen) atoms. The summed E-state index contributed by atoms with van der Waals surface area (Å²) < 4.78 is 43.4. The van der Waals surface area contributed by atoms with Gasteiger partial charge in [-0.2, -0.15) is 0 Å². The Labute approximate surface area is 197 Å². The molecule has 2 aliphatic heterocycles. The molecule has 12 heteroatoms. The van der Waals surface area contributed by atoms with Crippen LogP contribution >= 0.6 is 12.2 Å². The average Bonchev–Trinajstić information content (AvgIpc) is 3.51. The van der Waals surface area contributed by atoms with Crippen LogP contribution in [0.15, 0.2) is 47.4 Å². The minimum absolute atomic E-state index is 0.0749. The first kappa shape index (κ1) is 23.2. The van der Waals surface area contributed by atoms with E-state index >= 15 is 0 Å². The molecule has 2 aromatic rings. The number of sulfonamides is 1. The summed E-state index contributed by atoms with van der Waals surface area (Å²) in [5, 5.41) is 3.20. The summed E-state index contributed by atoms with van der Waals surface area (Å²) in [5.74, 6) is 0.914. The van der Waals surface area contributed by atoms with Crippen molar-refractivity contribution in [2.45, 2.75) is 30.4 Å². The number of hydrazine groups is 1. The number of carbonyl (C=O) groups is 1. The molecule has 0 radical (unpaired) electrons. The van der Waals surface area contributed by atoms with Crippen molar-refractivity contribution in [2.75, 3.05) is 19.9 Å². The third-order valence-electron chi connectivity index (χ3n) is 5.13. The van der Waals surface area contributed by atoms with Crippen LogP contribution in [0, 0.1) is 0 Å². The number of amides is 1. The highest BCUT2D eigenvalue weighted by molar-refractivity contribution is 7.89. The standard InChI is InChI=1S/C21H24N4O6S2/c26-20(24-25-21(32)22-11-14-3-8-18-19(10-14)31-13-30-18)15-4-6-17(7-5-15)33(27,28)23-12-16-2-1-9-29-16/h3-8,10,16,23H,1-2,9,11-13H2,(H,24,26)(H2,22,25,32). The molecule has 0 saturated carbocycles. The maximum Gasteiger partial charge on any atom is 0.269 e. The number of hydrogen-bond acceptors (Lipinski definition) is 7. The van der Waals surface area contributed by atoms with Gasteiger partial charge in [0.05, 0.1) is 11.0 Å². The second-order valence-electron chi connectivity index (χ2n) is 7.46. The van der Waals surface area contributed by atoms with E-state index in [-0.39, 0.29) is 35.0 Å². The Bertz CT molecular complexity index is 1120. The molecule has 1 unspecified atom stereocenters. The molecule has 1 fully saturated rings. The van der Waals surface area contributed by atoms with Crippen molar-refractivity contribution in [2.24, 2.45) is 0 Å². The van der Waals surface area contributed by atoms with Gasteiger partial charge in [0.2, 0.25) is 16.8 Å². The van der Waals surface area contributed by atoms with Gasteiger partial charge in [-0.3, -0.25) is 15.6 Å². The maximum atomic E-state index is 12.4. The fourth-order valence-electron chi connectivity index (χ4n) is 3.34. The zero-order valence-electron chi connectivity index (χ0n) is 17.6. The van der Waals surface area contributed by atoms with E-state index in [1.165, 1.54) is 24.3 Å². The van der Waals surface area contributed by atoms with E-state index in [1.54, 1.807) is 0 Å². The Morgan fingerprint density at radius 3 is 2.61 bits per heavy atom. The monoisotopic (exact) mass is 492 g/mol. The molecule has 2 heterocycles. The van der Waals surface area contributed by atoms with Crippen molar-refractivity contribution in [1.29, 1.82) is 0 Å². The van der Waals surface area contributed by atoms with Crippen LogP contribution in [-0.4, -0.2) is 45.5 Å². The summed E-state index contributed by atoms with van der Waals surface area (Å²) in [5.41, 5.74) is 6.31. The zero-order chi connectivity index (χ0) is 23.3. The number of thiocarbonyl (C=S) groups is 1. The van der Waals surface area contributed by atoms with Crippen molar-refractivity contribution in [3.63, 3.8) is 0 Å². The first-order valence-electron chi connectivity index (χ1n) is 10.3. The van der Waals surface area contributed by atoms with E-state index in [0.29, 0.717) is 24.7 Å². The molecule has 1 amide bonds. The van der Waals surface area contributed by atoms with E-state index in [2.05, 4.69) is 20.9 Å². The summed E-state index contributed by atoms with van der Waals surface area (Å²) in [7, 11) is -3.68. The fourth-order valence-corrected chi connectivity index (χ4v) is 4.53. The number of rotatable bonds is 7. The first-order chi connectivity index (χ1) is 15.9. The van der Waals surface area contributed by atoms with E-state index < -0.39 is 15.9 Å². The van der Waals surface area contributed by atoms with Crippen LogP contribution in [0.25, 0.3) is 0 Å². The second kappa shape index (κ2) is 10.3. The summed E-state index contributed by atoms with van der Waals surface area (Å²) in [6, 6.07) is 11.2. The second-order valence-corrected chi connectivity index (χ2v) is 9.64. The van der Waals surface area contributed by atoms with E-state index in [1.807, 2.05) is 18.2 Å². The van der Waals surface area contributed by atoms with Crippen LogP contribution in [0.2, 0.25) is 0 Å². The van der Waals surface area contributed by atoms with Gasteiger partial charge in [0.15, 0.2) is 16.6 Å². The van der Waals surface area contributed by atoms with Crippen molar-refractivity contribution >= 4 is 33.3 Å². The number of carbonyl (C=O) groups excluding carboxylic acids is 1. The molecule has 2 aliphatic rings. The molecular weight excluding hydrogens is 468 g/mol. The highest BCUT2D eigenvalue weighted by atomic mass is 32.2. The van der Waals surface area contributed by atoms with Crippen LogP contribution in [0.3, 0.4) is 0 Å². The fraction of sp³-hybridized carbons (Fsp3) is 0.333. The minimum atomic E-state index is -3.68. The molecule has 10 nitrogen and oxygen atoms in total. The molecule has 4 N–H and O–H groups in total. The Morgan fingerprint density at radius 2 is 1.85 bits per heavy atom. The molecule has 0 spiro atoms. The number of fused-ring (bicyclic) bond motifs is 1. The van der Waals surface area contributed by atoms with E-state index in [4.69, 9.17) is 26.4 Å². The van der Waals surface area contributed by atoms with Crippen molar-refractivity contribution < 1.29 is 27.4 Å². The highest BCUT2D eigenvalue weighted by Crippen LogP contribution is 2.32. The van der Waals surface area contributed by atoms with Crippen LogP contribution in [0.1, 0.15) is 28.8 Å². The van der Waals surface area contributed by atoms with Crippen LogP contribution in [0.5, 0.6) is 11.5 Å². The third-order valence-corrected chi connectivity index (χ3v) is 6.82. The van der Waals surface area contributed by atoms with Gasteiger partial charge in [0.25, 0.3) is 5.91 Å². The predicted molar refractivity (Wildman–Crippen MR) is 123 cm³/mol. The van der Waals surface area contributed by atoms with E-state index in [0.717, 1.165) is 18.4 Å². The molecule has 0 aromatic heterocycles. The van der Waals surface area contributed by atoms with Gasteiger partial charge in [-0.25, -0.2) is 13.1 Å². The van der Waals surface area contributed by atoms with Crippen molar-refractivity contribution in [1.82, 2.24) is 20.9 Å². The Hall–Kier alpha value is -2.93. The Morgan fingerprint density at radius 1 is 1.06 bits per heavy atom. The first-order valence-corrected chi connectivity index (χ1v) is 12.2. The zero-order valence-corrected chi connectivity index (χ0v) is 19.3. The number of nitrogens with one attached hydrogen (secondary N) is 4. The molecular formula is C21H24N4O6S2. The van der Waals surface area contributed by atoms with Gasteiger partial charge in [-0.1, -0.05) is 6.07 Å². The van der Waals surface area contributed by atoms with Crippen molar-refractivity contribution in [3.8, 4) is 11.5 Å². The van der Waals surface area contributed by atoms with Crippen LogP contribution < -0.4 is 30.4 Å². The van der Waals surface area contributed by atoms with Crippen molar-refractivity contribution in [3.05, 3.63) is 53.6 Å². The predicted octanol–water partition coefficient (Wildman–Crippen LogP) is 1.18. The molecule has 176 valence electrons. The maximum absolute atomic E-state index is 12.4. The SMILES string of the molecule is O=C(NNC(=S)NCc1ccc2c(c1)OCO2)c1ccc(S(=O)(=O)NCC2CCCO2)cc1. The van der Waals surface area contributed by atoms with Gasteiger partial charge in [0.1, 0.15) is 0 Å². The van der Waals surface area contributed by atoms with Gasteiger partial charge >= 0.3 is 0 Å². The summed E-state index contributed by atoms with van der Waals surface area (Å²) in [6.45, 7) is 1.51. The lowest BCUT2D eigenvalue weighted by Gasteiger charge is -2.13. The lowest BCUT2D eigenvalue weighted by atomic mass is 10.2. The molecule has 2 aromatic carbocycles. The van der Waals surface area contributed by atoms with Gasteiger partial charge < -0.3 is 19.5 Å². The largest absolute Gasteiger partial charge is 0.454 e. The number of benzene rings is 2. The molecule has 1 atom stereocenters. The number of hydrogen-bond donors (Lipinski definition) is 4. The Kier molecular flexibility index (Phi) is 7.28. The molecule has 0 bridgehead atoms. The summed E-state index contributed by atoms with van der Waals surface area (Å²) in [6.07, 6.45) is 1.67. The number of ether oxygens (including phenoxy) is 3. The average molecular weight is 493 g/mol. The lowest BCUT2D eigenvalue weighted by Crippen LogP contribution is -2.46. The minimum Gasteiger partial charge on any atom is -0.454 e. The topological polar surface area (TPSA) is 127 Å². The molecule has 4 rings (SSSR count). The van der Waals surface area contributed by atoms with Crippen LogP contribution in [-0.2, 0) is 21.3 Å². The summed E-state index contributed by atoms with van der Waals surface area (Å²) in [4.78, 5) is 12.4. The normalized spacial score (nSPS) is 16.9. The van der Waals surface area contributed by atoms with Gasteiger partial charge in [-0.05, 0) is 67.0 Å².